The zero-order valence-electron chi connectivity index (χ0n) is 15.0. The zero-order valence-corrected chi connectivity index (χ0v) is 15.8. The van der Waals surface area contributed by atoms with Gasteiger partial charge in [0, 0.05) is 5.56 Å². The Kier molecular flexibility index (Phi) is 5.93. The number of oxime groups is 1. The minimum atomic E-state index is -0.510. The molecule has 0 saturated carbocycles. The molecular formula is C20H19N3O3S. The number of para-hydroxylation sites is 1. The average Bonchev–Trinajstić information content (AvgIpc) is 3.11. The summed E-state index contributed by atoms with van der Waals surface area (Å²) < 4.78 is 6.89. The second-order valence-electron chi connectivity index (χ2n) is 5.52. The van der Waals surface area contributed by atoms with Crippen LogP contribution < -0.4 is 0 Å². The summed E-state index contributed by atoms with van der Waals surface area (Å²) in [5.41, 5.74) is 2.66. The molecule has 1 heterocycles. The molecule has 0 bridgehead atoms. The first-order chi connectivity index (χ1) is 13.2. The summed E-state index contributed by atoms with van der Waals surface area (Å²) in [7, 11) is 0. The maximum Gasteiger partial charge on any atom is 0.342 e. The number of ether oxygens (including phenoxy) is 1. The number of aromatic nitrogens is 2. The predicted molar refractivity (Wildman–Crippen MR) is 107 cm³/mol. The van der Waals surface area contributed by atoms with E-state index in [4.69, 9.17) is 4.74 Å². The minimum absolute atomic E-state index is 0.230. The summed E-state index contributed by atoms with van der Waals surface area (Å²) in [5.74, 6) is -0.510. The van der Waals surface area contributed by atoms with Crippen LogP contribution in [0, 0.1) is 0 Å². The molecule has 7 heteroatoms. The van der Waals surface area contributed by atoms with E-state index in [1.807, 2.05) is 60.7 Å². The van der Waals surface area contributed by atoms with E-state index in [1.165, 1.54) is 11.8 Å². The maximum absolute atomic E-state index is 12.8. The van der Waals surface area contributed by atoms with Crippen LogP contribution in [0.15, 0.2) is 65.8 Å². The normalized spacial score (nSPS) is 11.4. The Hall–Kier alpha value is -3.06. The van der Waals surface area contributed by atoms with Gasteiger partial charge in [0.25, 0.3) is 0 Å². The Bertz CT molecular complexity index is 953. The number of hydrogen-bond acceptors (Lipinski definition) is 6. The lowest BCUT2D eigenvalue weighted by Crippen LogP contribution is -2.14. The fourth-order valence-corrected chi connectivity index (χ4v) is 3.21. The second kappa shape index (κ2) is 8.55. The molecule has 2 aromatic carbocycles. The first-order valence-electron chi connectivity index (χ1n) is 8.38. The molecule has 0 spiro atoms. The van der Waals surface area contributed by atoms with E-state index in [9.17, 15) is 10.0 Å². The molecule has 0 amide bonds. The van der Waals surface area contributed by atoms with E-state index in [2.05, 4.69) is 10.3 Å². The van der Waals surface area contributed by atoms with Crippen molar-refractivity contribution in [2.75, 3.05) is 12.9 Å². The quantitative estimate of drug-likeness (QED) is 0.235. The average molecular weight is 381 g/mol. The number of rotatable bonds is 5. The number of thioether (sulfide) groups is 1. The monoisotopic (exact) mass is 381 g/mol. The van der Waals surface area contributed by atoms with Crippen molar-refractivity contribution >= 4 is 22.8 Å². The Labute approximate surface area is 161 Å². The van der Waals surface area contributed by atoms with E-state index in [1.54, 1.807) is 17.9 Å². The first kappa shape index (κ1) is 18.7. The van der Waals surface area contributed by atoms with E-state index in [-0.39, 0.29) is 17.2 Å². The number of benzene rings is 2. The van der Waals surface area contributed by atoms with Gasteiger partial charge in [-0.15, -0.1) is 11.8 Å². The summed E-state index contributed by atoms with van der Waals surface area (Å²) in [6.07, 6.45) is 1.77. The van der Waals surface area contributed by atoms with Gasteiger partial charge in [0.15, 0.2) is 5.04 Å². The van der Waals surface area contributed by atoms with Gasteiger partial charge in [0.2, 0.25) is 0 Å². The second-order valence-corrected chi connectivity index (χ2v) is 6.31. The van der Waals surface area contributed by atoms with Crippen LogP contribution in [0.2, 0.25) is 0 Å². The minimum Gasteiger partial charge on any atom is -0.462 e. The highest BCUT2D eigenvalue weighted by molar-refractivity contribution is 8.13. The molecule has 0 fully saturated rings. The number of esters is 1. The molecule has 0 aliphatic rings. The standard InChI is InChI=1S/C20H19N3O3S/c1-3-26-20(24)16-17(14-10-6-4-7-11-14)21-23(15-12-8-5-9-13-15)18(16)19(22-25)27-2/h4-13,25H,3H2,1-2H3/b22-19+. The van der Waals surface area contributed by atoms with Gasteiger partial charge in [-0.2, -0.15) is 5.10 Å². The van der Waals surface area contributed by atoms with Crippen molar-refractivity contribution < 1.29 is 14.7 Å². The van der Waals surface area contributed by atoms with E-state index < -0.39 is 5.97 Å². The Morgan fingerprint density at radius 1 is 1.15 bits per heavy atom. The van der Waals surface area contributed by atoms with Crippen molar-refractivity contribution in [3.05, 3.63) is 71.9 Å². The van der Waals surface area contributed by atoms with Gasteiger partial charge in [-0.1, -0.05) is 53.7 Å². The number of hydrogen-bond donors (Lipinski definition) is 1. The van der Waals surface area contributed by atoms with E-state index in [0.29, 0.717) is 11.4 Å². The van der Waals surface area contributed by atoms with Crippen LogP contribution in [0.5, 0.6) is 0 Å². The summed E-state index contributed by atoms with van der Waals surface area (Å²) in [6, 6.07) is 18.8. The highest BCUT2D eigenvalue weighted by Gasteiger charge is 2.29. The van der Waals surface area contributed by atoms with Crippen LogP contribution >= 0.6 is 11.8 Å². The summed E-state index contributed by atoms with van der Waals surface area (Å²) >= 11 is 1.22. The smallest absolute Gasteiger partial charge is 0.342 e. The number of nitrogens with zero attached hydrogens (tertiary/aromatic N) is 3. The van der Waals surface area contributed by atoms with E-state index >= 15 is 0 Å². The van der Waals surface area contributed by atoms with Gasteiger partial charge in [-0.25, -0.2) is 9.48 Å². The van der Waals surface area contributed by atoms with Crippen molar-refractivity contribution in [2.45, 2.75) is 6.92 Å². The molecule has 3 rings (SSSR count). The molecule has 0 aliphatic heterocycles. The Balaban J connectivity index is 2.36. The molecule has 0 saturated heterocycles. The van der Waals surface area contributed by atoms with Crippen LogP contribution in [-0.4, -0.2) is 38.9 Å². The molecule has 1 N–H and O–H groups in total. The lowest BCUT2D eigenvalue weighted by atomic mass is 10.1. The van der Waals surface area contributed by atoms with Crippen LogP contribution in [0.3, 0.4) is 0 Å². The zero-order chi connectivity index (χ0) is 19.2. The van der Waals surface area contributed by atoms with Crippen molar-refractivity contribution in [1.82, 2.24) is 9.78 Å². The summed E-state index contributed by atoms with van der Waals surface area (Å²) in [6.45, 7) is 1.98. The molecule has 138 valence electrons. The maximum atomic E-state index is 12.8. The van der Waals surface area contributed by atoms with Gasteiger partial charge < -0.3 is 9.94 Å². The van der Waals surface area contributed by atoms with Crippen molar-refractivity contribution in [1.29, 1.82) is 0 Å². The topological polar surface area (TPSA) is 76.7 Å². The van der Waals surface area contributed by atoms with Gasteiger partial charge in [-0.05, 0) is 25.3 Å². The third kappa shape index (κ3) is 3.73. The van der Waals surface area contributed by atoms with Crippen LogP contribution in [-0.2, 0) is 4.74 Å². The molecular weight excluding hydrogens is 362 g/mol. The van der Waals surface area contributed by atoms with Gasteiger partial charge in [-0.3, -0.25) is 0 Å². The van der Waals surface area contributed by atoms with Crippen molar-refractivity contribution in [3.63, 3.8) is 0 Å². The highest BCUT2D eigenvalue weighted by atomic mass is 32.2. The van der Waals surface area contributed by atoms with Gasteiger partial charge in [0.1, 0.15) is 17.0 Å². The fraction of sp³-hybridized carbons (Fsp3) is 0.150. The SMILES string of the molecule is CCOC(=O)c1c(-c2ccccc2)nn(-c2ccccc2)c1/C(=N\O)SC. The van der Waals surface area contributed by atoms with Crippen LogP contribution in [0.1, 0.15) is 23.0 Å². The summed E-state index contributed by atoms with van der Waals surface area (Å²) in [4.78, 5) is 12.8. The van der Waals surface area contributed by atoms with Crippen molar-refractivity contribution in [3.8, 4) is 16.9 Å². The largest absolute Gasteiger partial charge is 0.462 e. The molecule has 0 aliphatic carbocycles. The molecule has 3 aromatic rings. The third-order valence-electron chi connectivity index (χ3n) is 3.90. The predicted octanol–water partition coefficient (Wildman–Crippen LogP) is 4.21. The summed E-state index contributed by atoms with van der Waals surface area (Å²) in [5, 5.41) is 17.9. The highest BCUT2D eigenvalue weighted by Crippen LogP contribution is 2.30. The molecule has 0 unspecified atom stereocenters. The van der Waals surface area contributed by atoms with Crippen LogP contribution in [0.25, 0.3) is 16.9 Å². The Morgan fingerprint density at radius 3 is 2.33 bits per heavy atom. The van der Waals surface area contributed by atoms with Gasteiger partial charge >= 0.3 is 5.97 Å². The Morgan fingerprint density at radius 2 is 1.78 bits per heavy atom. The van der Waals surface area contributed by atoms with Crippen molar-refractivity contribution in [2.24, 2.45) is 5.16 Å². The van der Waals surface area contributed by atoms with E-state index in [0.717, 1.165) is 11.3 Å². The molecule has 27 heavy (non-hydrogen) atoms. The van der Waals surface area contributed by atoms with Gasteiger partial charge in [0.05, 0.1) is 12.3 Å². The van der Waals surface area contributed by atoms with Crippen LogP contribution in [0.4, 0.5) is 0 Å². The molecule has 1 aromatic heterocycles. The molecule has 0 atom stereocenters. The molecule has 6 nitrogen and oxygen atoms in total. The lowest BCUT2D eigenvalue weighted by Gasteiger charge is -2.09. The lowest BCUT2D eigenvalue weighted by molar-refractivity contribution is 0.0527. The number of carbonyl (C=O) groups is 1. The fourth-order valence-electron chi connectivity index (χ4n) is 2.75. The third-order valence-corrected chi connectivity index (χ3v) is 4.56. The number of carbonyl (C=O) groups excluding carboxylic acids is 1. The first-order valence-corrected chi connectivity index (χ1v) is 9.61. The molecule has 0 radical (unpaired) electrons.